The summed E-state index contributed by atoms with van der Waals surface area (Å²) >= 11 is 4.36. The molecule has 3 aromatic rings. The zero-order chi connectivity index (χ0) is 18.8. The number of aromatic nitrogens is 2. The monoisotopic (exact) mass is 419 g/mol. The van der Waals surface area contributed by atoms with Crippen molar-refractivity contribution in [1.29, 1.82) is 0 Å². The first-order valence-electron chi connectivity index (χ1n) is 9.09. The van der Waals surface area contributed by atoms with Crippen molar-refractivity contribution in [3.05, 3.63) is 33.2 Å². The fourth-order valence-corrected chi connectivity index (χ4v) is 6.02. The zero-order valence-corrected chi connectivity index (χ0v) is 17.4. The molecule has 1 amide bonds. The predicted molar refractivity (Wildman–Crippen MR) is 114 cm³/mol. The van der Waals surface area contributed by atoms with E-state index in [9.17, 15) is 9.59 Å². The third kappa shape index (κ3) is 4.12. The molecule has 0 unspecified atom stereocenters. The molecule has 0 bridgehead atoms. The number of nitrogens with one attached hydrogen (secondary N) is 2. The van der Waals surface area contributed by atoms with Crippen molar-refractivity contribution < 1.29 is 4.79 Å². The molecule has 0 aliphatic heterocycles. The van der Waals surface area contributed by atoms with E-state index in [2.05, 4.69) is 22.2 Å². The van der Waals surface area contributed by atoms with Crippen molar-refractivity contribution in [2.75, 3.05) is 5.75 Å². The number of H-pyrrole nitrogens is 1. The van der Waals surface area contributed by atoms with Crippen LogP contribution in [-0.2, 0) is 4.79 Å². The predicted octanol–water partition coefficient (Wildman–Crippen LogP) is 4.50. The highest BCUT2D eigenvalue weighted by atomic mass is 32.2. The maximum atomic E-state index is 12.6. The molecule has 1 saturated carbocycles. The van der Waals surface area contributed by atoms with E-state index in [4.69, 9.17) is 0 Å². The molecular formula is C19H21N3O2S3. The summed E-state index contributed by atoms with van der Waals surface area (Å²) in [6.45, 7) is 2.20. The number of carbonyl (C=O) groups is 1. The Labute approximate surface area is 169 Å². The fourth-order valence-electron chi connectivity index (χ4n) is 3.52. The third-order valence-corrected chi connectivity index (χ3v) is 7.66. The smallest absolute Gasteiger partial charge is 0.260 e. The van der Waals surface area contributed by atoms with E-state index in [-0.39, 0.29) is 23.3 Å². The summed E-state index contributed by atoms with van der Waals surface area (Å²) in [5, 5.41) is 8.24. The molecule has 142 valence electrons. The van der Waals surface area contributed by atoms with Gasteiger partial charge in [0.2, 0.25) is 5.91 Å². The van der Waals surface area contributed by atoms with Crippen molar-refractivity contribution in [1.82, 2.24) is 15.3 Å². The lowest BCUT2D eigenvalue weighted by Crippen LogP contribution is -2.41. The summed E-state index contributed by atoms with van der Waals surface area (Å²) in [6.07, 6.45) is 4.66. The number of fused-ring (bicyclic) bond motifs is 1. The SMILES string of the molecule is C[C@H]1CCCC[C@@H]1NC(=O)CSc1nc2scc(-c3cccs3)c2c(=O)[nH]1. The van der Waals surface area contributed by atoms with Crippen molar-refractivity contribution in [2.45, 2.75) is 43.8 Å². The molecule has 1 aliphatic rings. The molecule has 0 spiro atoms. The molecule has 0 saturated heterocycles. The minimum atomic E-state index is -0.145. The van der Waals surface area contributed by atoms with Gasteiger partial charge in [-0.15, -0.1) is 22.7 Å². The first-order chi connectivity index (χ1) is 13.1. The second-order valence-electron chi connectivity index (χ2n) is 6.90. The minimum absolute atomic E-state index is 0.00644. The van der Waals surface area contributed by atoms with Gasteiger partial charge in [-0.1, -0.05) is 37.6 Å². The zero-order valence-electron chi connectivity index (χ0n) is 15.0. The Morgan fingerprint density at radius 3 is 3.00 bits per heavy atom. The van der Waals surface area contributed by atoms with Crippen LogP contribution < -0.4 is 10.9 Å². The van der Waals surface area contributed by atoms with E-state index in [1.54, 1.807) is 11.3 Å². The topological polar surface area (TPSA) is 74.8 Å². The Morgan fingerprint density at radius 2 is 2.22 bits per heavy atom. The van der Waals surface area contributed by atoms with Crippen molar-refractivity contribution in [3.63, 3.8) is 0 Å². The van der Waals surface area contributed by atoms with Crippen LogP contribution in [0.25, 0.3) is 20.7 Å². The van der Waals surface area contributed by atoms with Gasteiger partial charge in [0.05, 0.1) is 11.1 Å². The van der Waals surface area contributed by atoms with Crippen LogP contribution in [0.4, 0.5) is 0 Å². The van der Waals surface area contributed by atoms with E-state index >= 15 is 0 Å². The van der Waals surface area contributed by atoms with Crippen LogP contribution in [0.1, 0.15) is 32.6 Å². The molecule has 27 heavy (non-hydrogen) atoms. The van der Waals surface area contributed by atoms with Gasteiger partial charge < -0.3 is 10.3 Å². The highest BCUT2D eigenvalue weighted by molar-refractivity contribution is 7.99. The normalized spacial score (nSPS) is 20.0. The minimum Gasteiger partial charge on any atom is -0.352 e. The summed E-state index contributed by atoms with van der Waals surface area (Å²) in [4.78, 5) is 34.0. The van der Waals surface area contributed by atoms with Gasteiger partial charge in [0.15, 0.2) is 5.16 Å². The first kappa shape index (κ1) is 18.7. The van der Waals surface area contributed by atoms with Gasteiger partial charge in [0, 0.05) is 21.9 Å². The Kier molecular flexibility index (Phi) is 5.66. The lowest BCUT2D eigenvalue weighted by atomic mass is 9.86. The number of thiophene rings is 2. The quantitative estimate of drug-likeness (QED) is 0.472. The highest BCUT2D eigenvalue weighted by Crippen LogP contribution is 2.34. The van der Waals surface area contributed by atoms with Gasteiger partial charge in [-0.3, -0.25) is 9.59 Å². The lowest BCUT2D eigenvalue weighted by Gasteiger charge is -2.29. The van der Waals surface area contributed by atoms with E-state index in [0.29, 0.717) is 21.3 Å². The van der Waals surface area contributed by atoms with Gasteiger partial charge in [0.1, 0.15) is 4.83 Å². The molecule has 1 fully saturated rings. The molecule has 2 N–H and O–H groups in total. The summed E-state index contributed by atoms with van der Waals surface area (Å²) in [7, 11) is 0. The second-order valence-corrected chi connectivity index (χ2v) is 9.67. The fraction of sp³-hybridized carbons (Fsp3) is 0.421. The summed E-state index contributed by atoms with van der Waals surface area (Å²) < 4.78 is 0. The molecule has 0 radical (unpaired) electrons. The number of aromatic amines is 1. The van der Waals surface area contributed by atoms with Crippen LogP contribution in [0.5, 0.6) is 0 Å². The van der Waals surface area contributed by atoms with E-state index in [1.165, 1.54) is 42.4 Å². The number of nitrogens with zero attached hydrogens (tertiary/aromatic N) is 1. The molecular weight excluding hydrogens is 398 g/mol. The van der Waals surface area contributed by atoms with Crippen LogP contribution in [0, 0.1) is 5.92 Å². The van der Waals surface area contributed by atoms with Crippen LogP contribution >= 0.6 is 34.4 Å². The van der Waals surface area contributed by atoms with Crippen molar-refractivity contribution >= 4 is 50.6 Å². The van der Waals surface area contributed by atoms with E-state index < -0.39 is 0 Å². The van der Waals surface area contributed by atoms with Crippen LogP contribution in [0.15, 0.2) is 32.8 Å². The third-order valence-electron chi connectivity index (χ3n) is 5.01. The number of rotatable bonds is 5. The first-order valence-corrected chi connectivity index (χ1v) is 11.8. The maximum absolute atomic E-state index is 12.6. The molecule has 3 heterocycles. The van der Waals surface area contributed by atoms with E-state index in [0.717, 1.165) is 16.9 Å². The van der Waals surface area contributed by atoms with Gasteiger partial charge in [-0.2, -0.15) is 0 Å². The molecule has 1 aliphatic carbocycles. The molecule has 0 aromatic carbocycles. The summed E-state index contributed by atoms with van der Waals surface area (Å²) in [6, 6.07) is 4.25. The van der Waals surface area contributed by atoms with Crippen LogP contribution in [0.2, 0.25) is 0 Å². The number of hydrogen-bond donors (Lipinski definition) is 2. The molecule has 4 rings (SSSR count). The van der Waals surface area contributed by atoms with Gasteiger partial charge in [0.25, 0.3) is 5.56 Å². The standard InChI is InChI=1S/C19H21N3O2S3/c1-11-5-2-3-6-13(11)20-15(23)10-27-19-21-17(24)16-12(9-26-18(16)22-19)14-7-4-8-25-14/h4,7-9,11,13H,2-3,5-6,10H2,1H3,(H,20,23)(H,21,22,24)/t11-,13-/m0/s1. The lowest BCUT2D eigenvalue weighted by molar-refractivity contribution is -0.119. The Bertz CT molecular complexity index is 993. The molecule has 5 nitrogen and oxygen atoms in total. The van der Waals surface area contributed by atoms with Gasteiger partial charge in [-0.25, -0.2) is 4.98 Å². The summed E-state index contributed by atoms with van der Waals surface area (Å²) in [5.74, 6) is 0.802. The molecule has 8 heteroatoms. The summed E-state index contributed by atoms with van der Waals surface area (Å²) in [5.41, 5.74) is 0.785. The van der Waals surface area contributed by atoms with Crippen LogP contribution in [0.3, 0.4) is 0 Å². The number of carbonyl (C=O) groups excluding carboxylic acids is 1. The average Bonchev–Trinajstić information content (AvgIpc) is 3.31. The largest absolute Gasteiger partial charge is 0.352 e. The van der Waals surface area contributed by atoms with Gasteiger partial charge >= 0.3 is 0 Å². The van der Waals surface area contributed by atoms with Gasteiger partial charge in [-0.05, 0) is 30.2 Å². The Balaban J connectivity index is 1.45. The molecule has 3 aromatic heterocycles. The van der Waals surface area contributed by atoms with E-state index in [1.807, 2.05) is 22.9 Å². The number of amides is 1. The Morgan fingerprint density at radius 1 is 1.37 bits per heavy atom. The number of thioether (sulfide) groups is 1. The maximum Gasteiger partial charge on any atom is 0.260 e. The van der Waals surface area contributed by atoms with Crippen molar-refractivity contribution in [3.8, 4) is 10.4 Å². The molecule has 2 atom stereocenters. The second kappa shape index (κ2) is 8.16. The number of hydrogen-bond acceptors (Lipinski definition) is 6. The average molecular weight is 420 g/mol. The highest BCUT2D eigenvalue weighted by Gasteiger charge is 2.23. The Hall–Kier alpha value is -1.64. The van der Waals surface area contributed by atoms with Crippen molar-refractivity contribution in [2.24, 2.45) is 5.92 Å². The van der Waals surface area contributed by atoms with Crippen LogP contribution in [-0.4, -0.2) is 27.7 Å².